The van der Waals surface area contributed by atoms with Crippen molar-refractivity contribution in [2.75, 3.05) is 26.6 Å². The van der Waals surface area contributed by atoms with Gasteiger partial charge in [-0.05, 0) is 18.2 Å². The summed E-state index contributed by atoms with van der Waals surface area (Å²) < 4.78 is 63.7. The van der Waals surface area contributed by atoms with Gasteiger partial charge in [-0.2, -0.15) is 9.19 Å². The van der Waals surface area contributed by atoms with Crippen molar-refractivity contribution in [2.24, 2.45) is 11.7 Å². The van der Waals surface area contributed by atoms with E-state index < -0.39 is 33.8 Å². The van der Waals surface area contributed by atoms with Gasteiger partial charge in [0.05, 0.1) is 25.2 Å². The Hall–Kier alpha value is -1.92. The lowest BCUT2D eigenvalue weighted by molar-refractivity contribution is -0.0999. The number of benzene rings is 1. The number of methoxy groups -OCH3 is 1. The van der Waals surface area contributed by atoms with Gasteiger partial charge in [0, 0.05) is 55.5 Å². The molecular formula is C19H24F2N4O4S. The van der Waals surface area contributed by atoms with Crippen LogP contribution in [0.2, 0.25) is 0 Å². The molecule has 0 aliphatic carbocycles. The summed E-state index contributed by atoms with van der Waals surface area (Å²) in [6.07, 6.45) is 1.82. The highest BCUT2D eigenvalue weighted by atomic mass is 32.2. The maximum absolute atomic E-state index is 14.3. The number of halogens is 2. The summed E-state index contributed by atoms with van der Waals surface area (Å²) >= 11 is 0. The Balaban J connectivity index is 1.55. The summed E-state index contributed by atoms with van der Waals surface area (Å²) in [5.74, 6) is -1.33. The third kappa shape index (κ3) is 3.87. The van der Waals surface area contributed by atoms with E-state index in [1.807, 2.05) is 0 Å². The van der Waals surface area contributed by atoms with E-state index in [4.69, 9.17) is 15.2 Å². The summed E-state index contributed by atoms with van der Waals surface area (Å²) in [4.78, 5) is 2.10. The van der Waals surface area contributed by atoms with Crippen molar-refractivity contribution in [2.45, 2.75) is 31.3 Å². The normalized spacial score (nSPS) is 27.4. The van der Waals surface area contributed by atoms with Crippen molar-refractivity contribution in [1.29, 1.82) is 0 Å². The Morgan fingerprint density at radius 3 is 2.77 bits per heavy atom. The largest absolute Gasteiger partial charge is 0.384 e. The lowest BCUT2D eigenvalue weighted by atomic mass is 9.83. The minimum absolute atomic E-state index is 0.0937. The first-order valence-electron chi connectivity index (χ1n) is 9.52. The monoisotopic (exact) mass is 442 g/mol. The molecule has 1 aromatic carbocycles. The molecular weight excluding hydrogens is 418 g/mol. The number of rotatable bonds is 5. The first-order valence-corrected chi connectivity index (χ1v) is 11.4. The average molecular weight is 442 g/mol. The van der Waals surface area contributed by atoms with Crippen LogP contribution in [0.1, 0.15) is 22.9 Å². The fraction of sp³-hybridized carbons (Fsp3) is 0.526. The van der Waals surface area contributed by atoms with Crippen LogP contribution in [0.25, 0.3) is 0 Å². The van der Waals surface area contributed by atoms with Crippen molar-refractivity contribution in [1.82, 2.24) is 14.1 Å². The van der Waals surface area contributed by atoms with Gasteiger partial charge >= 0.3 is 0 Å². The summed E-state index contributed by atoms with van der Waals surface area (Å²) in [5.41, 5.74) is 8.06. The van der Waals surface area contributed by atoms with E-state index in [1.54, 1.807) is 7.11 Å². The van der Waals surface area contributed by atoms with Crippen molar-refractivity contribution < 1.29 is 26.7 Å². The quantitative estimate of drug-likeness (QED) is 0.738. The zero-order valence-corrected chi connectivity index (χ0v) is 17.5. The van der Waals surface area contributed by atoms with E-state index in [0.717, 1.165) is 34.1 Å². The van der Waals surface area contributed by atoms with Gasteiger partial charge in [-0.25, -0.2) is 17.2 Å². The molecule has 8 nitrogen and oxygen atoms in total. The zero-order chi connectivity index (χ0) is 21.6. The van der Waals surface area contributed by atoms with Gasteiger partial charge in [0.1, 0.15) is 17.7 Å². The van der Waals surface area contributed by atoms with Crippen LogP contribution in [0.3, 0.4) is 0 Å². The van der Waals surface area contributed by atoms with Crippen molar-refractivity contribution in [3.63, 3.8) is 0 Å². The van der Waals surface area contributed by atoms with Crippen molar-refractivity contribution in [3.8, 4) is 0 Å². The van der Waals surface area contributed by atoms with Crippen LogP contribution in [0.4, 0.5) is 8.78 Å². The van der Waals surface area contributed by atoms with Crippen molar-refractivity contribution in [3.05, 3.63) is 52.9 Å². The van der Waals surface area contributed by atoms with E-state index in [0.29, 0.717) is 25.4 Å². The second kappa shape index (κ2) is 7.97. The molecule has 0 spiro atoms. The molecule has 2 aliphatic rings. The number of hydrogen-bond acceptors (Lipinski definition) is 7. The predicted molar refractivity (Wildman–Crippen MR) is 104 cm³/mol. The standard InChI is InChI=1S/C19H24F2N4O4S/c1-28-9-14-17(24-6-11-7-25(30(2,26)27)23-16(11)8-24)10-29-19(18(14)22)13-5-12(20)3-4-15(13)21/h3-5,7,14,17-19H,6,8-10,22H2,1-2H3/t14?,17-,18-,19+/m0/s1. The first-order chi connectivity index (χ1) is 14.2. The molecule has 30 heavy (non-hydrogen) atoms. The highest BCUT2D eigenvalue weighted by molar-refractivity contribution is 7.89. The number of nitrogens with zero attached hydrogens (tertiary/aromatic N) is 3. The van der Waals surface area contributed by atoms with Crippen molar-refractivity contribution >= 4 is 10.0 Å². The van der Waals surface area contributed by atoms with Crippen LogP contribution in [0, 0.1) is 17.6 Å². The minimum Gasteiger partial charge on any atom is -0.384 e. The van der Waals surface area contributed by atoms with Gasteiger partial charge in [-0.1, -0.05) is 0 Å². The summed E-state index contributed by atoms with van der Waals surface area (Å²) in [5, 5.41) is 4.17. The molecule has 4 rings (SSSR count). The Morgan fingerprint density at radius 1 is 1.33 bits per heavy atom. The van der Waals surface area contributed by atoms with Crippen LogP contribution in [-0.4, -0.2) is 61.2 Å². The maximum atomic E-state index is 14.3. The molecule has 1 aromatic heterocycles. The molecule has 2 aliphatic heterocycles. The molecule has 1 fully saturated rings. The van der Waals surface area contributed by atoms with Gasteiger partial charge in [0.25, 0.3) is 10.0 Å². The molecule has 0 radical (unpaired) electrons. The highest BCUT2D eigenvalue weighted by Gasteiger charge is 2.44. The minimum atomic E-state index is -3.44. The molecule has 0 saturated carbocycles. The van der Waals surface area contributed by atoms with E-state index in [-0.39, 0.29) is 24.1 Å². The molecule has 2 N–H and O–H groups in total. The Labute approximate surface area is 173 Å². The van der Waals surface area contributed by atoms with E-state index in [9.17, 15) is 17.2 Å². The summed E-state index contributed by atoms with van der Waals surface area (Å²) in [7, 11) is -1.88. The number of fused-ring (bicyclic) bond motifs is 1. The predicted octanol–water partition coefficient (Wildman–Crippen LogP) is 1.01. The molecule has 0 bridgehead atoms. The fourth-order valence-corrected chi connectivity index (χ4v) is 4.86. The lowest BCUT2D eigenvalue weighted by Crippen LogP contribution is -2.56. The number of hydrogen-bond donors (Lipinski definition) is 1. The maximum Gasteiger partial charge on any atom is 0.250 e. The van der Waals surface area contributed by atoms with Gasteiger partial charge in [0.15, 0.2) is 0 Å². The average Bonchev–Trinajstić information content (AvgIpc) is 3.25. The molecule has 1 unspecified atom stereocenters. The fourth-order valence-electron chi connectivity index (χ4n) is 4.30. The van der Waals surface area contributed by atoms with Gasteiger partial charge in [-0.3, -0.25) is 4.90 Å². The third-order valence-electron chi connectivity index (χ3n) is 5.80. The van der Waals surface area contributed by atoms with Crippen LogP contribution < -0.4 is 5.73 Å². The molecule has 1 saturated heterocycles. The van der Waals surface area contributed by atoms with Crippen LogP contribution >= 0.6 is 0 Å². The molecule has 164 valence electrons. The Bertz CT molecular complexity index is 1020. The Kier molecular flexibility index (Phi) is 5.66. The molecule has 11 heteroatoms. The van der Waals surface area contributed by atoms with Crippen LogP contribution in [0.5, 0.6) is 0 Å². The van der Waals surface area contributed by atoms with Gasteiger partial charge in [0.2, 0.25) is 0 Å². The number of nitrogens with two attached hydrogens (primary N) is 1. The Morgan fingerprint density at radius 2 is 2.10 bits per heavy atom. The van der Waals surface area contributed by atoms with Gasteiger partial charge in [-0.15, -0.1) is 0 Å². The third-order valence-corrected chi connectivity index (χ3v) is 6.67. The smallest absolute Gasteiger partial charge is 0.250 e. The highest BCUT2D eigenvalue weighted by Crippen LogP contribution is 2.37. The summed E-state index contributed by atoms with van der Waals surface area (Å²) in [6, 6.07) is 2.47. The molecule has 3 heterocycles. The first kappa shape index (κ1) is 21.3. The van der Waals surface area contributed by atoms with Gasteiger partial charge < -0.3 is 15.2 Å². The molecule has 0 amide bonds. The van der Waals surface area contributed by atoms with E-state index >= 15 is 0 Å². The second-order valence-corrected chi connectivity index (χ2v) is 9.67. The van der Waals surface area contributed by atoms with Crippen LogP contribution in [0.15, 0.2) is 24.4 Å². The van der Waals surface area contributed by atoms with E-state index in [1.165, 1.54) is 6.20 Å². The number of aromatic nitrogens is 2. The number of ether oxygens (including phenoxy) is 2. The lowest BCUT2D eigenvalue weighted by Gasteiger charge is -2.44. The summed E-state index contributed by atoms with van der Waals surface area (Å²) in [6.45, 7) is 1.50. The molecule has 2 aromatic rings. The van der Waals surface area contributed by atoms with Crippen LogP contribution in [-0.2, 0) is 32.6 Å². The second-order valence-electron chi connectivity index (χ2n) is 7.83. The SMILES string of the molecule is COCC1[C@H](N)[C@@H](c2cc(F)ccc2F)OC[C@@H]1N1Cc2cn(S(C)(=O)=O)nc2C1. The topological polar surface area (TPSA) is 99.7 Å². The zero-order valence-electron chi connectivity index (χ0n) is 16.7. The molecule has 4 atom stereocenters. The van der Waals surface area contributed by atoms with E-state index in [2.05, 4.69) is 10.00 Å².